The van der Waals surface area contributed by atoms with E-state index < -0.39 is 0 Å². The van der Waals surface area contributed by atoms with Gasteiger partial charge in [-0.25, -0.2) is 0 Å². The summed E-state index contributed by atoms with van der Waals surface area (Å²) in [6.45, 7) is 4.67. The van der Waals surface area contributed by atoms with E-state index in [0.717, 1.165) is 56.3 Å². The third-order valence-corrected chi connectivity index (χ3v) is 6.51. The molecule has 2 aromatic carbocycles. The Balaban J connectivity index is 1.28. The maximum absolute atomic E-state index is 5.95. The number of aromatic nitrogens is 1. The van der Waals surface area contributed by atoms with E-state index in [-0.39, 0.29) is 5.54 Å². The van der Waals surface area contributed by atoms with Gasteiger partial charge in [-0.1, -0.05) is 0 Å². The van der Waals surface area contributed by atoms with Crippen molar-refractivity contribution >= 4 is 10.9 Å². The second-order valence-electron chi connectivity index (χ2n) is 8.20. The van der Waals surface area contributed by atoms with E-state index in [2.05, 4.69) is 27.3 Å². The first-order chi connectivity index (χ1) is 14.7. The number of hydrogen-bond donors (Lipinski definition) is 2. The second kappa shape index (κ2) is 7.85. The molecule has 0 aliphatic carbocycles. The van der Waals surface area contributed by atoms with Crippen molar-refractivity contribution in [2.24, 2.45) is 0 Å². The van der Waals surface area contributed by atoms with Gasteiger partial charge in [0.25, 0.3) is 0 Å². The lowest BCUT2D eigenvalue weighted by atomic mass is 9.86. The molecule has 1 spiro atoms. The van der Waals surface area contributed by atoms with Crippen LogP contribution in [0.1, 0.15) is 17.7 Å². The summed E-state index contributed by atoms with van der Waals surface area (Å²) in [4.78, 5) is 6.22. The molecule has 30 heavy (non-hydrogen) atoms. The third kappa shape index (κ3) is 3.40. The molecule has 1 aromatic heterocycles. The van der Waals surface area contributed by atoms with Crippen LogP contribution in [0, 0.1) is 0 Å². The fourth-order valence-electron chi connectivity index (χ4n) is 4.93. The normalized spacial score (nSPS) is 21.1. The number of likely N-dealkylation sites (tertiary alicyclic amines) is 1. The zero-order valence-electron chi connectivity index (χ0n) is 17.7. The Morgan fingerprint density at radius 1 is 1.00 bits per heavy atom. The van der Waals surface area contributed by atoms with Gasteiger partial charge in [-0.3, -0.25) is 4.90 Å². The highest BCUT2D eigenvalue weighted by Crippen LogP contribution is 2.40. The van der Waals surface area contributed by atoms with Crippen LogP contribution >= 0.6 is 0 Å². The van der Waals surface area contributed by atoms with Crippen molar-refractivity contribution in [3.8, 4) is 17.2 Å². The van der Waals surface area contributed by atoms with Gasteiger partial charge >= 0.3 is 0 Å². The third-order valence-electron chi connectivity index (χ3n) is 6.51. The number of nitrogens with one attached hydrogen (secondary N) is 2. The summed E-state index contributed by atoms with van der Waals surface area (Å²) >= 11 is 0. The summed E-state index contributed by atoms with van der Waals surface area (Å²) in [6.07, 6.45) is 2.15. The predicted molar refractivity (Wildman–Crippen MR) is 118 cm³/mol. The van der Waals surface area contributed by atoms with Crippen LogP contribution in [0.5, 0.6) is 17.2 Å². The number of fused-ring (bicyclic) bond motifs is 4. The predicted octanol–water partition coefficient (Wildman–Crippen LogP) is 3.31. The van der Waals surface area contributed by atoms with Gasteiger partial charge in [0.1, 0.15) is 23.9 Å². The zero-order valence-corrected chi connectivity index (χ0v) is 17.7. The Bertz CT molecular complexity index is 1030. The van der Waals surface area contributed by atoms with Gasteiger partial charge in [-0.2, -0.15) is 0 Å². The molecular weight excluding hydrogens is 378 g/mol. The highest BCUT2D eigenvalue weighted by Gasteiger charge is 2.43. The Kier molecular flexibility index (Phi) is 5.05. The van der Waals surface area contributed by atoms with Gasteiger partial charge in [0, 0.05) is 42.8 Å². The van der Waals surface area contributed by atoms with Crippen LogP contribution in [0.4, 0.5) is 0 Å². The summed E-state index contributed by atoms with van der Waals surface area (Å²) in [7, 11) is 3.40. The first kappa shape index (κ1) is 19.3. The van der Waals surface area contributed by atoms with Gasteiger partial charge in [0.15, 0.2) is 0 Å². The minimum absolute atomic E-state index is 0.0000481. The van der Waals surface area contributed by atoms with Crippen LogP contribution in [-0.2, 0) is 12.0 Å². The number of methoxy groups -OCH3 is 2. The number of hydrogen-bond acceptors (Lipinski definition) is 5. The number of aromatic amines is 1. The lowest BCUT2D eigenvalue weighted by Gasteiger charge is -2.35. The largest absolute Gasteiger partial charge is 0.497 e. The fraction of sp³-hybridized carbons (Fsp3) is 0.417. The van der Waals surface area contributed by atoms with E-state index in [1.54, 1.807) is 14.2 Å². The Labute approximate surface area is 177 Å². The highest BCUT2D eigenvalue weighted by molar-refractivity contribution is 5.86. The molecule has 0 radical (unpaired) electrons. The van der Waals surface area contributed by atoms with E-state index in [1.807, 2.05) is 30.3 Å². The van der Waals surface area contributed by atoms with Gasteiger partial charge in [0.2, 0.25) is 0 Å². The molecule has 0 amide bonds. The van der Waals surface area contributed by atoms with E-state index >= 15 is 0 Å². The van der Waals surface area contributed by atoms with Crippen molar-refractivity contribution in [2.45, 2.75) is 18.4 Å². The molecule has 3 heterocycles. The van der Waals surface area contributed by atoms with E-state index in [9.17, 15) is 0 Å². The van der Waals surface area contributed by atoms with Crippen LogP contribution in [0.2, 0.25) is 0 Å². The zero-order chi connectivity index (χ0) is 20.6. The maximum Gasteiger partial charge on any atom is 0.119 e. The Morgan fingerprint density at radius 2 is 1.77 bits per heavy atom. The standard InChI is InChI=1S/C24H29N3O3/c1-28-17-3-5-18(6-4-17)30-14-13-27-12-10-24(16-27)23-20(9-11-25-24)21-15-19(29-2)7-8-22(21)26-23/h3-8,15,25-26H,9-14,16H2,1-2H3. The molecule has 2 aliphatic rings. The van der Waals surface area contributed by atoms with E-state index in [0.29, 0.717) is 6.61 Å². The fourth-order valence-corrected chi connectivity index (χ4v) is 4.93. The van der Waals surface area contributed by atoms with Crippen LogP contribution < -0.4 is 19.5 Å². The van der Waals surface area contributed by atoms with E-state index in [4.69, 9.17) is 14.2 Å². The number of ether oxygens (including phenoxy) is 3. The first-order valence-electron chi connectivity index (χ1n) is 10.6. The SMILES string of the molecule is COc1ccc(OCCN2CCC3(C2)NCCc2c3[nH]c3ccc(OC)cc23)cc1. The summed E-state index contributed by atoms with van der Waals surface area (Å²) in [6, 6.07) is 14.1. The monoisotopic (exact) mass is 407 g/mol. The van der Waals surface area contributed by atoms with Crippen molar-refractivity contribution in [3.63, 3.8) is 0 Å². The van der Waals surface area contributed by atoms with E-state index in [1.165, 1.54) is 22.2 Å². The van der Waals surface area contributed by atoms with Gasteiger partial charge in [-0.05, 0) is 60.9 Å². The second-order valence-corrected chi connectivity index (χ2v) is 8.20. The van der Waals surface area contributed by atoms with Gasteiger partial charge in [-0.15, -0.1) is 0 Å². The van der Waals surface area contributed by atoms with Crippen LogP contribution in [0.25, 0.3) is 10.9 Å². The van der Waals surface area contributed by atoms with Gasteiger partial charge in [0.05, 0.1) is 19.8 Å². The molecule has 5 rings (SSSR count). The minimum atomic E-state index is -0.0000481. The maximum atomic E-state index is 5.95. The molecule has 0 bridgehead atoms. The summed E-state index contributed by atoms with van der Waals surface area (Å²) in [5.41, 5.74) is 4.00. The Morgan fingerprint density at radius 3 is 2.57 bits per heavy atom. The highest BCUT2D eigenvalue weighted by atomic mass is 16.5. The minimum Gasteiger partial charge on any atom is -0.497 e. The lowest BCUT2D eigenvalue weighted by Crippen LogP contribution is -2.49. The molecule has 1 fully saturated rings. The summed E-state index contributed by atoms with van der Waals surface area (Å²) < 4.78 is 16.6. The van der Waals surface area contributed by atoms with Crippen molar-refractivity contribution in [2.75, 3.05) is 47.0 Å². The quantitative estimate of drug-likeness (QED) is 0.657. The van der Waals surface area contributed by atoms with Crippen LogP contribution in [0.3, 0.4) is 0 Å². The average Bonchev–Trinajstić information content (AvgIpc) is 3.37. The van der Waals surface area contributed by atoms with Crippen molar-refractivity contribution in [3.05, 3.63) is 53.7 Å². The van der Waals surface area contributed by atoms with Gasteiger partial charge < -0.3 is 24.5 Å². The topological polar surface area (TPSA) is 58.8 Å². The summed E-state index contributed by atoms with van der Waals surface area (Å²) in [5, 5.41) is 5.13. The first-order valence-corrected chi connectivity index (χ1v) is 10.6. The number of rotatable bonds is 6. The molecule has 0 saturated carbocycles. The van der Waals surface area contributed by atoms with Crippen molar-refractivity contribution in [1.82, 2.24) is 15.2 Å². The number of H-pyrrole nitrogens is 1. The molecule has 2 N–H and O–H groups in total. The molecule has 6 heteroatoms. The number of nitrogens with zero attached hydrogens (tertiary/aromatic N) is 1. The van der Waals surface area contributed by atoms with Crippen LogP contribution in [-0.4, -0.2) is 56.9 Å². The molecular formula is C24H29N3O3. The van der Waals surface area contributed by atoms with Crippen molar-refractivity contribution in [1.29, 1.82) is 0 Å². The molecule has 1 atom stereocenters. The molecule has 2 aliphatic heterocycles. The molecule has 3 aromatic rings. The smallest absolute Gasteiger partial charge is 0.119 e. The lowest BCUT2D eigenvalue weighted by molar-refractivity contribution is 0.218. The van der Waals surface area contributed by atoms with Crippen LogP contribution in [0.15, 0.2) is 42.5 Å². The molecule has 158 valence electrons. The molecule has 1 unspecified atom stereocenters. The number of benzene rings is 2. The Hall–Kier alpha value is -2.70. The molecule has 6 nitrogen and oxygen atoms in total. The summed E-state index contributed by atoms with van der Waals surface area (Å²) in [5.74, 6) is 2.65. The average molecular weight is 408 g/mol. The van der Waals surface area contributed by atoms with Crippen molar-refractivity contribution < 1.29 is 14.2 Å². The molecule has 1 saturated heterocycles.